The second-order valence-electron chi connectivity index (χ2n) is 4.95. The maximum atomic E-state index is 12.3. The highest BCUT2D eigenvalue weighted by molar-refractivity contribution is 5.95. The van der Waals surface area contributed by atoms with Crippen molar-refractivity contribution < 1.29 is 14.3 Å². The number of nitrogens with zero attached hydrogens (tertiary/aromatic N) is 2. The van der Waals surface area contributed by atoms with Gasteiger partial charge >= 0.3 is 12.0 Å². The third-order valence-corrected chi connectivity index (χ3v) is 3.60. The number of hydrogen-bond donors (Lipinski definition) is 0. The molecule has 1 aliphatic rings. The molecule has 0 saturated heterocycles. The van der Waals surface area contributed by atoms with Crippen LogP contribution in [-0.4, -0.2) is 37.6 Å². The van der Waals surface area contributed by atoms with Crippen LogP contribution in [0.15, 0.2) is 35.9 Å². The molecule has 112 valence electrons. The van der Waals surface area contributed by atoms with Crippen LogP contribution in [0.4, 0.5) is 10.5 Å². The minimum absolute atomic E-state index is 0.0646. The number of anilines is 1. The van der Waals surface area contributed by atoms with E-state index in [1.54, 1.807) is 22.9 Å². The summed E-state index contributed by atoms with van der Waals surface area (Å²) in [5.41, 5.74) is 2.58. The Hall–Kier alpha value is -2.30. The smallest absolute Gasteiger partial charge is 0.333 e. The van der Waals surface area contributed by atoms with Gasteiger partial charge in [-0.1, -0.05) is 31.2 Å². The number of ether oxygens (including phenoxy) is 1. The lowest BCUT2D eigenvalue weighted by Gasteiger charge is -2.34. The maximum absolute atomic E-state index is 12.3. The monoisotopic (exact) mass is 288 g/mol. The molecule has 21 heavy (non-hydrogen) atoms. The molecule has 0 bridgehead atoms. The van der Waals surface area contributed by atoms with E-state index in [0.717, 1.165) is 11.3 Å². The van der Waals surface area contributed by atoms with E-state index < -0.39 is 0 Å². The Balaban J connectivity index is 2.28. The fraction of sp³-hybridized carbons (Fsp3) is 0.375. The van der Waals surface area contributed by atoms with Crippen LogP contribution in [0.2, 0.25) is 0 Å². The molecule has 0 radical (unpaired) electrons. The summed E-state index contributed by atoms with van der Waals surface area (Å²) < 4.78 is 4.74. The summed E-state index contributed by atoms with van der Waals surface area (Å²) in [6.45, 7) is 2.85. The molecular weight excluding hydrogens is 268 g/mol. The largest absolute Gasteiger partial charge is 0.466 e. The highest BCUT2D eigenvalue weighted by Gasteiger charge is 2.27. The van der Waals surface area contributed by atoms with E-state index in [1.165, 1.54) is 7.11 Å². The molecular formula is C16H20N2O3. The predicted molar refractivity (Wildman–Crippen MR) is 81.0 cm³/mol. The highest BCUT2D eigenvalue weighted by atomic mass is 16.5. The lowest BCUT2D eigenvalue weighted by molar-refractivity contribution is -0.136. The summed E-state index contributed by atoms with van der Waals surface area (Å²) in [5, 5.41) is 0. The molecule has 2 amide bonds. The number of carbonyl (C=O) groups excluding carboxylic acids is 2. The summed E-state index contributed by atoms with van der Waals surface area (Å²) in [6.07, 6.45) is 2.34. The van der Waals surface area contributed by atoms with Gasteiger partial charge in [-0.2, -0.15) is 0 Å². The Morgan fingerprint density at radius 3 is 2.76 bits per heavy atom. The summed E-state index contributed by atoms with van der Waals surface area (Å²) in [6, 6.07) is 7.75. The number of hydrogen-bond acceptors (Lipinski definition) is 3. The molecule has 0 aliphatic carbocycles. The molecule has 0 unspecified atom stereocenters. The van der Waals surface area contributed by atoms with Crippen molar-refractivity contribution in [2.24, 2.45) is 0 Å². The molecule has 0 atom stereocenters. The third-order valence-electron chi connectivity index (χ3n) is 3.60. The number of urea groups is 1. The van der Waals surface area contributed by atoms with Crippen LogP contribution in [0.25, 0.3) is 0 Å². The first-order valence-electron chi connectivity index (χ1n) is 6.96. The molecule has 1 aliphatic heterocycles. The van der Waals surface area contributed by atoms with E-state index >= 15 is 0 Å². The molecule has 0 N–H and O–H groups in total. The summed E-state index contributed by atoms with van der Waals surface area (Å²) >= 11 is 0. The summed E-state index contributed by atoms with van der Waals surface area (Å²) in [5.74, 6) is -0.344. The molecule has 0 saturated carbocycles. The van der Waals surface area contributed by atoms with Gasteiger partial charge in [0.15, 0.2) is 0 Å². The number of esters is 1. The molecule has 5 nitrogen and oxygen atoms in total. The molecule has 5 heteroatoms. The average molecular weight is 288 g/mol. The van der Waals surface area contributed by atoms with Crippen LogP contribution in [-0.2, 0) is 16.1 Å². The van der Waals surface area contributed by atoms with Gasteiger partial charge in [-0.25, -0.2) is 9.59 Å². The Bertz CT molecular complexity index is 581. The number of para-hydroxylation sites is 1. The first-order chi connectivity index (χ1) is 10.1. The normalized spacial score (nSPS) is 15.0. The van der Waals surface area contributed by atoms with E-state index in [-0.39, 0.29) is 12.0 Å². The van der Waals surface area contributed by atoms with Crippen molar-refractivity contribution in [1.29, 1.82) is 0 Å². The van der Waals surface area contributed by atoms with Crippen molar-refractivity contribution in [2.75, 3.05) is 25.6 Å². The molecule has 1 heterocycles. The Morgan fingerprint density at radius 1 is 1.38 bits per heavy atom. The number of methoxy groups -OCH3 is 1. The Labute approximate surface area is 124 Å². The zero-order valence-electron chi connectivity index (χ0n) is 12.6. The lowest BCUT2D eigenvalue weighted by atomic mass is 10.1. The van der Waals surface area contributed by atoms with Crippen molar-refractivity contribution in [1.82, 2.24) is 4.90 Å². The van der Waals surface area contributed by atoms with E-state index in [1.807, 2.05) is 31.2 Å². The van der Waals surface area contributed by atoms with Gasteiger partial charge in [-0.05, 0) is 18.1 Å². The Kier molecular flexibility index (Phi) is 4.62. The van der Waals surface area contributed by atoms with Crippen LogP contribution in [0.1, 0.15) is 18.9 Å². The first-order valence-corrected chi connectivity index (χ1v) is 6.96. The quantitative estimate of drug-likeness (QED) is 0.632. The standard InChI is InChI=1S/C16H20N2O3/c1-4-12(15(19)21-3)9-10-18-14-8-6-5-7-13(14)11-17(2)16(18)20/h5-9H,4,10-11H2,1-3H3/b12-9-. The zero-order valence-corrected chi connectivity index (χ0v) is 12.6. The lowest BCUT2D eigenvalue weighted by Crippen LogP contribution is -2.45. The van der Waals surface area contributed by atoms with Crippen molar-refractivity contribution in [2.45, 2.75) is 19.9 Å². The minimum atomic E-state index is -0.344. The third kappa shape index (κ3) is 3.07. The number of amides is 2. The fourth-order valence-corrected chi connectivity index (χ4v) is 2.42. The highest BCUT2D eigenvalue weighted by Crippen LogP contribution is 2.27. The average Bonchev–Trinajstić information content (AvgIpc) is 2.50. The fourth-order valence-electron chi connectivity index (χ4n) is 2.42. The number of fused-ring (bicyclic) bond motifs is 1. The topological polar surface area (TPSA) is 49.9 Å². The summed E-state index contributed by atoms with van der Waals surface area (Å²) in [7, 11) is 3.14. The van der Waals surface area contributed by atoms with Gasteiger partial charge < -0.3 is 9.64 Å². The molecule has 1 aromatic carbocycles. The van der Waals surface area contributed by atoms with Gasteiger partial charge in [-0.15, -0.1) is 0 Å². The maximum Gasteiger partial charge on any atom is 0.333 e. The van der Waals surface area contributed by atoms with Crippen molar-refractivity contribution in [3.63, 3.8) is 0 Å². The SMILES string of the molecule is CC/C(=C/CN1C(=O)N(C)Cc2ccccc21)C(=O)OC. The zero-order chi connectivity index (χ0) is 15.4. The van der Waals surface area contributed by atoms with Crippen molar-refractivity contribution >= 4 is 17.7 Å². The first kappa shape index (κ1) is 15.1. The Morgan fingerprint density at radius 2 is 2.10 bits per heavy atom. The van der Waals surface area contributed by atoms with Crippen LogP contribution in [0.3, 0.4) is 0 Å². The van der Waals surface area contributed by atoms with Gasteiger partial charge in [0.05, 0.1) is 12.8 Å². The van der Waals surface area contributed by atoms with E-state index in [2.05, 4.69) is 0 Å². The second-order valence-corrected chi connectivity index (χ2v) is 4.95. The van der Waals surface area contributed by atoms with Gasteiger partial charge in [0.25, 0.3) is 0 Å². The number of carbonyl (C=O) groups is 2. The molecule has 2 rings (SSSR count). The van der Waals surface area contributed by atoms with Gasteiger partial charge in [-0.3, -0.25) is 4.90 Å². The van der Waals surface area contributed by atoms with Crippen LogP contribution in [0.5, 0.6) is 0 Å². The number of benzene rings is 1. The molecule has 0 aromatic heterocycles. The van der Waals surface area contributed by atoms with Gasteiger partial charge in [0, 0.05) is 25.7 Å². The van der Waals surface area contributed by atoms with E-state index in [4.69, 9.17) is 4.74 Å². The predicted octanol–water partition coefficient (Wildman–Crippen LogP) is 2.57. The van der Waals surface area contributed by atoms with Gasteiger partial charge in [0.2, 0.25) is 0 Å². The van der Waals surface area contributed by atoms with Crippen LogP contribution in [0, 0.1) is 0 Å². The number of rotatable bonds is 4. The van der Waals surface area contributed by atoms with E-state index in [9.17, 15) is 9.59 Å². The minimum Gasteiger partial charge on any atom is -0.466 e. The molecule has 0 fully saturated rings. The van der Waals surface area contributed by atoms with Crippen molar-refractivity contribution in [3.05, 3.63) is 41.5 Å². The summed E-state index contributed by atoms with van der Waals surface area (Å²) in [4.78, 5) is 27.3. The van der Waals surface area contributed by atoms with Crippen LogP contribution < -0.4 is 4.90 Å². The van der Waals surface area contributed by atoms with E-state index in [0.29, 0.717) is 25.1 Å². The van der Waals surface area contributed by atoms with Crippen molar-refractivity contribution in [3.8, 4) is 0 Å². The second kappa shape index (κ2) is 6.43. The van der Waals surface area contributed by atoms with Gasteiger partial charge in [0.1, 0.15) is 0 Å². The molecule has 0 spiro atoms. The molecule has 1 aromatic rings. The van der Waals surface area contributed by atoms with Crippen LogP contribution >= 0.6 is 0 Å².